The molecule has 0 bridgehead atoms. The minimum absolute atomic E-state index is 0.241. The van der Waals surface area contributed by atoms with Crippen molar-refractivity contribution in [3.05, 3.63) is 47.8 Å². The molecule has 0 unspecified atom stereocenters. The van der Waals surface area contributed by atoms with Crippen LogP contribution >= 0.6 is 11.3 Å². The van der Waals surface area contributed by atoms with Crippen LogP contribution in [0.1, 0.15) is 31.1 Å². The van der Waals surface area contributed by atoms with Crippen LogP contribution in [0.15, 0.2) is 36.4 Å². The number of carbonyl (C=O) groups excluding carboxylic acids is 1. The van der Waals surface area contributed by atoms with Gasteiger partial charge in [0.25, 0.3) is 5.91 Å². The van der Waals surface area contributed by atoms with E-state index in [2.05, 4.69) is 25.3 Å². The number of hydrogen-bond donors (Lipinski definition) is 1. The maximum Gasteiger partial charge on any atom is 0.257 e. The van der Waals surface area contributed by atoms with Crippen molar-refractivity contribution in [1.82, 2.24) is 10.2 Å². The summed E-state index contributed by atoms with van der Waals surface area (Å²) in [7, 11) is 0. The lowest BCUT2D eigenvalue weighted by molar-refractivity contribution is 0.102. The Kier molecular flexibility index (Phi) is 8.42. The number of hydrogen-bond acceptors (Lipinski definition) is 9. The maximum absolute atomic E-state index is 13.2. The van der Waals surface area contributed by atoms with Crippen molar-refractivity contribution in [3.63, 3.8) is 0 Å². The van der Waals surface area contributed by atoms with Crippen molar-refractivity contribution < 1.29 is 23.4 Å². The minimum Gasteiger partial charge on any atom is -0.490 e. The van der Waals surface area contributed by atoms with Gasteiger partial charge in [-0.15, -0.1) is 10.2 Å². The molecule has 0 spiro atoms. The van der Waals surface area contributed by atoms with Gasteiger partial charge >= 0.3 is 0 Å². The van der Waals surface area contributed by atoms with Crippen LogP contribution in [0.3, 0.4) is 0 Å². The van der Waals surface area contributed by atoms with E-state index in [0.717, 1.165) is 37.0 Å². The molecule has 1 fully saturated rings. The molecule has 1 aliphatic heterocycles. The topological polar surface area (TPSA) is 89.0 Å². The number of nitrogens with one attached hydrogen (secondary N) is 1. The lowest BCUT2D eigenvalue weighted by Crippen LogP contribution is -2.46. The van der Waals surface area contributed by atoms with Crippen LogP contribution in [0.5, 0.6) is 17.2 Å². The second-order valence-electron chi connectivity index (χ2n) is 7.90. The third kappa shape index (κ3) is 5.96. The minimum atomic E-state index is -0.344. The van der Waals surface area contributed by atoms with Gasteiger partial charge in [-0.05, 0) is 57.2 Å². The molecule has 11 heteroatoms. The fourth-order valence-corrected chi connectivity index (χ4v) is 4.68. The fraction of sp³-hybridized carbons (Fsp3) is 0.400. The maximum atomic E-state index is 13.2. The smallest absolute Gasteiger partial charge is 0.257 e. The van der Waals surface area contributed by atoms with E-state index in [0.29, 0.717) is 47.8 Å². The highest BCUT2D eigenvalue weighted by Crippen LogP contribution is 2.39. The Hall–Kier alpha value is -3.60. The molecular weight excluding hydrogens is 485 g/mol. The molecule has 0 atom stereocenters. The summed E-state index contributed by atoms with van der Waals surface area (Å²) in [4.78, 5) is 17.4. The number of ether oxygens (including phenoxy) is 3. The molecule has 1 saturated heterocycles. The van der Waals surface area contributed by atoms with Crippen LogP contribution in [0.4, 0.5) is 20.3 Å². The van der Waals surface area contributed by atoms with Gasteiger partial charge in [-0.25, -0.2) is 4.39 Å². The quantitative estimate of drug-likeness (QED) is 0.424. The lowest BCUT2D eigenvalue weighted by Gasteiger charge is -2.35. The molecule has 192 valence electrons. The first-order chi connectivity index (χ1) is 17.5. The standard InChI is InChI=1S/C25H30FN5O4S/c1-4-33-20-15-17(16-21(34-5-2)22(20)35-6-3)23(32)27-24-28-29-25(36-24)31-13-11-30(12-14-31)19-9-7-18(26)8-10-19/h7-10,15-16H,4-6,11-14H2,1-3H3,(H,27,28,32). The van der Waals surface area contributed by atoms with Crippen LogP contribution in [-0.2, 0) is 0 Å². The zero-order chi connectivity index (χ0) is 25.5. The molecule has 1 aromatic heterocycles. The summed E-state index contributed by atoms with van der Waals surface area (Å²) < 4.78 is 30.3. The monoisotopic (exact) mass is 515 g/mol. The van der Waals surface area contributed by atoms with E-state index in [1.807, 2.05) is 20.8 Å². The van der Waals surface area contributed by atoms with E-state index in [-0.39, 0.29) is 11.7 Å². The van der Waals surface area contributed by atoms with E-state index in [1.165, 1.54) is 23.5 Å². The lowest BCUT2D eigenvalue weighted by atomic mass is 10.1. The summed E-state index contributed by atoms with van der Waals surface area (Å²) >= 11 is 1.32. The highest BCUT2D eigenvalue weighted by atomic mass is 32.1. The first-order valence-electron chi connectivity index (χ1n) is 12.0. The summed E-state index contributed by atoms with van der Waals surface area (Å²) in [5.41, 5.74) is 1.37. The van der Waals surface area contributed by atoms with Crippen molar-refractivity contribution in [2.45, 2.75) is 20.8 Å². The zero-order valence-electron chi connectivity index (χ0n) is 20.6. The number of halogens is 1. The third-order valence-electron chi connectivity index (χ3n) is 5.55. The van der Waals surface area contributed by atoms with Crippen LogP contribution in [0.2, 0.25) is 0 Å². The van der Waals surface area contributed by atoms with Crippen LogP contribution in [-0.4, -0.2) is 62.1 Å². The van der Waals surface area contributed by atoms with Gasteiger partial charge < -0.3 is 24.0 Å². The molecule has 36 heavy (non-hydrogen) atoms. The Balaban J connectivity index is 1.42. The molecule has 1 aliphatic rings. The van der Waals surface area contributed by atoms with Crippen molar-refractivity contribution in [3.8, 4) is 17.2 Å². The van der Waals surface area contributed by atoms with Crippen molar-refractivity contribution in [2.75, 3.05) is 61.1 Å². The number of anilines is 3. The van der Waals surface area contributed by atoms with Crippen molar-refractivity contribution >= 4 is 33.2 Å². The van der Waals surface area contributed by atoms with E-state index >= 15 is 0 Å². The summed E-state index contributed by atoms with van der Waals surface area (Å²) in [5.74, 6) is 0.800. The normalized spacial score (nSPS) is 13.4. The summed E-state index contributed by atoms with van der Waals surface area (Å²) in [5, 5.41) is 12.4. The molecule has 0 radical (unpaired) electrons. The average molecular weight is 516 g/mol. The van der Waals surface area contributed by atoms with E-state index in [1.54, 1.807) is 24.3 Å². The molecule has 2 heterocycles. The molecule has 9 nitrogen and oxygen atoms in total. The second kappa shape index (κ2) is 11.9. The van der Waals surface area contributed by atoms with Gasteiger partial charge in [0.15, 0.2) is 11.5 Å². The van der Waals surface area contributed by atoms with Gasteiger partial charge in [0.05, 0.1) is 19.8 Å². The largest absolute Gasteiger partial charge is 0.490 e. The van der Waals surface area contributed by atoms with Crippen LogP contribution in [0, 0.1) is 5.82 Å². The molecule has 2 aromatic carbocycles. The fourth-order valence-electron chi connectivity index (χ4n) is 3.89. The number of amides is 1. The van der Waals surface area contributed by atoms with E-state index < -0.39 is 0 Å². The number of rotatable bonds is 10. The van der Waals surface area contributed by atoms with Gasteiger partial charge in [-0.3, -0.25) is 10.1 Å². The number of benzene rings is 2. The van der Waals surface area contributed by atoms with Gasteiger partial charge in [0, 0.05) is 37.4 Å². The zero-order valence-corrected chi connectivity index (χ0v) is 21.4. The highest BCUT2D eigenvalue weighted by Gasteiger charge is 2.22. The number of carbonyl (C=O) groups is 1. The Morgan fingerprint density at radius 2 is 1.50 bits per heavy atom. The van der Waals surface area contributed by atoms with E-state index in [4.69, 9.17) is 14.2 Å². The number of piperazine rings is 1. The first kappa shape index (κ1) is 25.5. The van der Waals surface area contributed by atoms with Gasteiger partial charge in [0.1, 0.15) is 5.82 Å². The summed E-state index contributed by atoms with van der Waals surface area (Å²) in [6.07, 6.45) is 0. The van der Waals surface area contributed by atoms with Gasteiger partial charge in [-0.1, -0.05) is 11.3 Å². The van der Waals surface area contributed by atoms with Gasteiger partial charge in [-0.2, -0.15) is 0 Å². The molecule has 4 rings (SSSR count). The Bertz CT molecular complexity index is 1140. The molecule has 1 N–H and O–H groups in total. The van der Waals surface area contributed by atoms with Gasteiger partial charge in [0.2, 0.25) is 16.0 Å². The predicted octanol–water partition coefficient (Wildman–Crippen LogP) is 4.45. The molecule has 0 aliphatic carbocycles. The molecular formula is C25H30FN5O4S. The molecule has 3 aromatic rings. The van der Waals surface area contributed by atoms with E-state index in [9.17, 15) is 9.18 Å². The molecule has 1 amide bonds. The SMILES string of the molecule is CCOc1cc(C(=O)Nc2nnc(N3CCN(c4ccc(F)cc4)CC3)s2)cc(OCC)c1OCC. The van der Waals surface area contributed by atoms with Crippen molar-refractivity contribution in [2.24, 2.45) is 0 Å². The van der Waals surface area contributed by atoms with Crippen LogP contribution < -0.4 is 29.3 Å². The third-order valence-corrected chi connectivity index (χ3v) is 6.45. The highest BCUT2D eigenvalue weighted by molar-refractivity contribution is 7.19. The number of nitrogens with zero attached hydrogens (tertiary/aromatic N) is 4. The predicted molar refractivity (Wildman–Crippen MR) is 139 cm³/mol. The first-order valence-corrected chi connectivity index (χ1v) is 12.8. The number of aromatic nitrogens is 2. The second-order valence-corrected chi connectivity index (χ2v) is 8.85. The summed E-state index contributed by atoms with van der Waals surface area (Å²) in [6, 6.07) is 9.81. The average Bonchev–Trinajstić information content (AvgIpc) is 3.35. The van der Waals surface area contributed by atoms with Crippen molar-refractivity contribution in [1.29, 1.82) is 0 Å². The Labute approximate surface area is 213 Å². The Morgan fingerprint density at radius 1 is 0.917 bits per heavy atom. The Morgan fingerprint density at radius 3 is 2.08 bits per heavy atom. The van der Waals surface area contributed by atoms with Crippen LogP contribution in [0.25, 0.3) is 0 Å². The molecule has 0 saturated carbocycles. The summed E-state index contributed by atoms with van der Waals surface area (Å²) in [6.45, 7) is 9.94.